The Bertz CT molecular complexity index is 1270. The quantitative estimate of drug-likeness (QED) is 0.325. The molecule has 2 heterocycles. The number of H-pyrrole nitrogens is 1. The van der Waals surface area contributed by atoms with Crippen LogP contribution < -0.4 is 5.56 Å². The van der Waals surface area contributed by atoms with E-state index in [1.54, 1.807) is 4.57 Å². The van der Waals surface area contributed by atoms with Crippen molar-refractivity contribution in [2.75, 3.05) is 12.9 Å². The topological polar surface area (TPSA) is 77.0 Å². The van der Waals surface area contributed by atoms with Crippen LogP contribution in [0.2, 0.25) is 0 Å². The minimum absolute atomic E-state index is 0.0711. The minimum Gasteiger partial charge on any atom is -0.468 e. The van der Waals surface area contributed by atoms with E-state index in [-0.39, 0.29) is 17.3 Å². The Labute approximate surface area is 165 Å². The molecule has 0 aliphatic heterocycles. The number of ether oxygens (including phenoxy) is 1. The van der Waals surface area contributed by atoms with E-state index in [0.29, 0.717) is 16.2 Å². The molecule has 0 amide bonds. The highest BCUT2D eigenvalue weighted by molar-refractivity contribution is 7.99. The third-order valence-electron chi connectivity index (χ3n) is 4.65. The Morgan fingerprint density at radius 3 is 2.79 bits per heavy atom. The molecule has 4 rings (SSSR count). The van der Waals surface area contributed by atoms with E-state index in [1.807, 2.05) is 56.3 Å². The summed E-state index contributed by atoms with van der Waals surface area (Å²) in [4.78, 5) is 33.1. The highest BCUT2D eigenvalue weighted by atomic mass is 32.2. The molecule has 0 aliphatic carbocycles. The van der Waals surface area contributed by atoms with E-state index in [0.717, 1.165) is 27.7 Å². The summed E-state index contributed by atoms with van der Waals surface area (Å²) in [5.41, 5.74) is 4.45. The summed E-state index contributed by atoms with van der Waals surface area (Å²) in [7, 11) is 1.34. The van der Waals surface area contributed by atoms with Crippen molar-refractivity contribution in [3.05, 3.63) is 63.9 Å². The van der Waals surface area contributed by atoms with Gasteiger partial charge in [-0.1, -0.05) is 42.1 Å². The molecule has 0 radical (unpaired) electrons. The van der Waals surface area contributed by atoms with Gasteiger partial charge in [0.2, 0.25) is 0 Å². The lowest BCUT2D eigenvalue weighted by atomic mass is 10.1. The van der Waals surface area contributed by atoms with Crippen molar-refractivity contribution < 1.29 is 9.53 Å². The summed E-state index contributed by atoms with van der Waals surface area (Å²) < 4.78 is 6.33. The smallest absolute Gasteiger partial charge is 0.316 e. The SMILES string of the molecule is COC(=O)CSc1nc2c([nH]c3ccccc32)c(=O)n1-c1cc(C)ccc1C. The molecular weight excluding hydrogens is 374 g/mol. The highest BCUT2D eigenvalue weighted by Gasteiger charge is 2.19. The fourth-order valence-electron chi connectivity index (χ4n) is 3.19. The first-order valence-corrected chi connectivity index (χ1v) is 9.79. The van der Waals surface area contributed by atoms with Crippen molar-refractivity contribution in [2.45, 2.75) is 19.0 Å². The van der Waals surface area contributed by atoms with E-state index >= 15 is 0 Å². The summed E-state index contributed by atoms with van der Waals surface area (Å²) in [5.74, 6) is -0.299. The number of nitrogens with zero attached hydrogens (tertiary/aromatic N) is 2. The summed E-state index contributed by atoms with van der Waals surface area (Å²) in [6.07, 6.45) is 0. The van der Waals surface area contributed by atoms with E-state index in [2.05, 4.69) is 4.98 Å². The van der Waals surface area contributed by atoms with Crippen molar-refractivity contribution in [2.24, 2.45) is 0 Å². The first kappa shape index (κ1) is 18.3. The van der Waals surface area contributed by atoms with Crippen LogP contribution in [0.25, 0.3) is 27.6 Å². The van der Waals surface area contributed by atoms with Gasteiger partial charge in [-0.05, 0) is 37.1 Å². The Morgan fingerprint density at radius 2 is 2.00 bits per heavy atom. The molecular formula is C21H19N3O3S. The average molecular weight is 393 g/mol. The van der Waals surface area contributed by atoms with Gasteiger partial charge < -0.3 is 9.72 Å². The van der Waals surface area contributed by atoms with Crippen molar-refractivity contribution >= 4 is 39.7 Å². The Morgan fingerprint density at radius 1 is 1.21 bits per heavy atom. The number of benzene rings is 2. The van der Waals surface area contributed by atoms with Gasteiger partial charge in [0, 0.05) is 10.9 Å². The molecule has 0 saturated heterocycles. The third kappa shape index (κ3) is 3.07. The van der Waals surface area contributed by atoms with Crippen molar-refractivity contribution in [1.29, 1.82) is 0 Å². The molecule has 6 nitrogen and oxygen atoms in total. The zero-order valence-corrected chi connectivity index (χ0v) is 16.6. The van der Waals surface area contributed by atoms with Crippen LogP contribution in [0, 0.1) is 13.8 Å². The molecule has 28 heavy (non-hydrogen) atoms. The second kappa shape index (κ2) is 7.16. The molecule has 7 heteroatoms. The molecule has 0 fully saturated rings. The number of carbonyl (C=O) groups excluding carboxylic acids is 1. The van der Waals surface area contributed by atoms with Gasteiger partial charge in [0.1, 0.15) is 11.0 Å². The number of carbonyl (C=O) groups is 1. The van der Waals surface area contributed by atoms with Crippen molar-refractivity contribution in [3.8, 4) is 5.69 Å². The molecule has 0 saturated carbocycles. The van der Waals surface area contributed by atoms with Crippen LogP contribution in [0.3, 0.4) is 0 Å². The maximum atomic E-state index is 13.5. The number of hydrogen-bond donors (Lipinski definition) is 1. The van der Waals surface area contributed by atoms with Gasteiger partial charge in [0.15, 0.2) is 5.16 Å². The maximum absolute atomic E-state index is 13.5. The fraction of sp³-hybridized carbons (Fsp3) is 0.190. The lowest BCUT2D eigenvalue weighted by Crippen LogP contribution is -2.23. The van der Waals surface area contributed by atoms with Crippen LogP contribution in [-0.2, 0) is 9.53 Å². The maximum Gasteiger partial charge on any atom is 0.316 e. The standard InChI is InChI=1S/C21H19N3O3S/c1-12-8-9-13(2)16(10-12)24-20(26)19-18(14-6-4-5-7-15(14)22-19)23-21(24)28-11-17(25)27-3/h4-10,22H,11H2,1-3H3. The van der Waals surface area contributed by atoms with Crippen LogP contribution in [0.1, 0.15) is 11.1 Å². The Balaban J connectivity index is 2.04. The number of aryl methyl sites for hydroxylation is 2. The summed E-state index contributed by atoms with van der Waals surface area (Å²) >= 11 is 1.19. The Kier molecular flexibility index (Phi) is 4.68. The number of aromatic amines is 1. The largest absolute Gasteiger partial charge is 0.468 e. The molecule has 0 aliphatic rings. The summed E-state index contributed by atoms with van der Waals surface area (Å²) in [6.45, 7) is 3.93. The number of thioether (sulfide) groups is 1. The fourth-order valence-corrected chi connectivity index (χ4v) is 4.03. The van der Waals surface area contributed by atoms with Gasteiger partial charge in [0.25, 0.3) is 5.56 Å². The van der Waals surface area contributed by atoms with Gasteiger partial charge in [-0.25, -0.2) is 4.98 Å². The summed E-state index contributed by atoms with van der Waals surface area (Å²) in [5, 5.41) is 1.34. The predicted molar refractivity (Wildman–Crippen MR) is 111 cm³/mol. The van der Waals surface area contributed by atoms with Crippen LogP contribution in [-0.4, -0.2) is 33.4 Å². The van der Waals surface area contributed by atoms with Gasteiger partial charge in [-0.3, -0.25) is 14.2 Å². The highest BCUT2D eigenvalue weighted by Crippen LogP contribution is 2.27. The van der Waals surface area contributed by atoms with E-state index in [1.165, 1.54) is 18.9 Å². The van der Waals surface area contributed by atoms with Crippen LogP contribution in [0.5, 0.6) is 0 Å². The molecule has 2 aromatic carbocycles. The zero-order chi connectivity index (χ0) is 19.8. The molecule has 2 aromatic heterocycles. The van der Waals surface area contributed by atoms with Crippen LogP contribution in [0.15, 0.2) is 52.4 Å². The van der Waals surface area contributed by atoms with Gasteiger partial charge in [0.05, 0.1) is 18.6 Å². The number of para-hydroxylation sites is 1. The first-order chi connectivity index (χ1) is 13.5. The van der Waals surface area contributed by atoms with Crippen molar-refractivity contribution in [3.63, 3.8) is 0 Å². The lowest BCUT2D eigenvalue weighted by Gasteiger charge is -2.14. The second-order valence-electron chi connectivity index (χ2n) is 6.58. The number of aromatic nitrogens is 3. The molecule has 142 valence electrons. The van der Waals surface area contributed by atoms with Gasteiger partial charge in [-0.2, -0.15) is 0 Å². The van der Waals surface area contributed by atoms with Gasteiger partial charge >= 0.3 is 5.97 Å². The summed E-state index contributed by atoms with van der Waals surface area (Å²) in [6, 6.07) is 13.6. The monoisotopic (exact) mass is 393 g/mol. The number of methoxy groups -OCH3 is 1. The normalized spacial score (nSPS) is 11.2. The van der Waals surface area contributed by atoms with E-state index in [4.69, 9.17) is 9.72 Å². The van der Waals surface area contributed by atoms with Crippen LogP contribution in [0.4, 0.5) is 0 Å². The van der Waals surface area contributed by atoms with Gasteiger partial charge in [-0.15, -0.1) is 0 Å². The first-order valence-electron chi connectivity index (χ1n) is 8.80. The Hall–Kier alpha value is -3.06. The minimum atomic E-state index is -0.370. The zero-order valence-electron chi connectivity index (χ0n) is 15.8. The number of fused-ring (bicyclic) bond motifs is 3. The predicted octanol–water partition coefficient (Wildman–Crippen LogP) is 3.75. The van der Waals surface area contributed by atoms with Crippen molar-refractivity contribution in [1.82, 2.24) is 14.5 Å². The second-order valence-corrected chi connectivity index (χ2v) is 7.53. The van der Waals surface area contributed by atoms with E-state index < -0.39 is 0 Å². The number of nitrogens with one attached hydrogen (secondary N) is 1. The number of esters is 1. The molecule has 0 spiro atoms. The van der Waals surface area contributed by atoms with Crippen LogP contribution >= 0.6 is 11.8 Å². The molecule has 1 N–H and O–H groups in total. The molecule has 0 bridgehead atoms. The lowest BCUT2D eigenvalue weighted by molar-refractivity contribution is -0.137. The average Bonchev–Trinajstić information content (AvgIpc) is 3.07. The van der Waals surface area contributed by atoms with E-state index in [9.17, 15) is 9.59 Å². The number of hydrogen-bond acceptors (Lipinski definition) is 5. The third-order valence-corrected chi connectivity index (χ3v) is 5.56. The number of rotatable bonds is 4. The molecule has 0 unspecified atom stereocenters. The molecule has 0 atom stereocenters. The molecule has 4 aromatic rings.